The highest BCUT2D eigenvalue weighted by Crippen LogP contribution is 2.21. The molecule has 0 atom stereocenters. The lowest BCUT2D eigenvalue weighted by atomic mass is 10.2. The van der Waals surface area contributed by atoms with Gasteiger partial charge in [-0.3, -0.25) is 4.98 Å². The first kappa shape index (κ1) is 12.8. The highest BCUT2D eigenvalue weighted by molar-refractivity contribution is 6.30. The summed E-state index contributed by atoms with van der Waals surface area (Å²) in [6.07, 6.45) is 1.67. The molecule has 2 N–H and O–H groups in total. The van der Waals surface area contributed by atoms with Gasteiger partial charge in [0.25, 0.3) is 0 Å². The molecule has 0 saturated carbocycles. The molecule has 0 fully saturated rings. The summed E-state index contributed by atoms with van der Waals surface area (Å²) in [7, 11) is 0. The average Bonchev–Trinajstić information content (AvgIpc) is 2.40. The summed E-state index contributed by atoms with van der Waals surface area (Å²) in [4.78, 5) is 4.18. The van der Waals surface area contributed by atoms with Crippen molar-refractivity contribution in [2.24, 2.45) is 5.73 Å². The van der Waals surface area contributed by atoms with Crippen LogP contribution < -0.4 is 10.5 Å². The van der Waals surface area contributed by atoms with Gasteiger partial charge in [-0.05, 0) is 23.8 Å². The van der Waals surface area contributed by atoms with E-state index in [0.29, 0.717) is 12.3 Å². The minimum atomic E-state index is -0.505. The van der Waals surface area contributed by atoms with E-state index < -0.39 is 5.82 Å². The molecule has 0 aliphatic carbocycles. The van der Waals surface area contributed by atoms with Gasteiger partial charge in [-0.15, -0.1) is 0 Å². The van der Waals surface area contributed by atoms with Gasteiger partial charge in [0.2, 0.25) is 0 Å². The number of nitrogens with zero attached hydrogens (tertiary/aromatic N) is 1. The van der Waals surface area contributed by atoms with E-state index in [1.54, 1.807) is 12.3 Å². The normalized spacial score (nSPS) is 10.4. The molecule has 0 spiro atoms. The Morgan fingerprint density at radius 1 is 1.33 bits per heavy atom. The van der Waals surface area contributed by atoms with Crippen molar-refractivity contribution >= 4 is 11.6 Å². The van der Waals surface area contributed by atoms with Crippen molar-refractivity contribution in [3.63, 3.8) is 0 Å². The molecule has 0 aliphatic rings. The second-order valence-electron chi connectivity index (χ2n) is 3.68. The van der Waals surface area contributed by atoms with Gasteiger partial charge in [0, 0.05) is 18.8 Å². The lowest BCUT2D eigenvalue weighted by Gasteiger charge is -2.09. The molecular weight excluding hydrogens is 255 g/mol. The molecule has 5 heteroatoms. The van der Waals surface area contributed by atoms with E-state index in [9.17, 15) is 4.39 Å². The van der Waals surface area contributed by atoms with E-state index >= 15 is 0 Å². The fraction of sp³-hybridized carbons (Fsp3) is 0.154. The highest BCUT2D eigenvalue weighted by Gasteiger charge is 2.05. The molecule has 1 aromatic heterocycles. The number of hydrogen-bond acceptors (Lipinski definition) is 3. The second-order valence-corrected chi connectivity index (χ2v) is 4.09. The van der Waals surface area contributed by atoms with Crippen molar-refractivity contribution < 1.29 is 9.13 Å². The average molecular weight is 267 g/mol. The third-order valence-electron chi connectivity index (χ3n) is 2.47. The molecule has 1 aromatic carbocycles. The number of nitrogens with two attached hydrogens (primary N) is 1. The van der Waals surface area contributed by atoms with Crippen molar-refractivity contribution in [3.05, 3.63) is 58.6 Å². The summed E-state index contributed by atoms with van der Waals surface area (Å²) < 4.78 is 18.7. The van der Waals surface area contributed by atoms with Gasteiger partial charge < -0.3 is 10.5 Å². The van der Waals surface area contributed by atoms with Crippen LogP contribution >= 0.6 is 11.6 Å². The maximum atomic E-state index is 13.2. The number of rotatable bonds is 4. The van der Waals surface area contributed by atoms with Gasteiger partial charge in [-0.2, -0.15) is 0 Å². The molecule has 3 nitrogen and oxygen atoms in total. The van der Waals surface area contributed by atoms with Crippen LogP contribution in [0.1, 0.15) is 11.3 Å². The molecule has 0 unspecified atom stereocenters. The van der Waals surface area contributed by atoms with Crippen LogP contribution in [0.5, 0.6) is 5.75 Å². The standard InChI is InChI=1S/C13H12ClFN2O/c14-11-4-3-10(6-12(11)15)18-8-13-9(7-16)2-1-5-17-13/h1-6H,7-8,16H2. The summed E-state index contributed by atoms with van der Waals surface area (Å²) in [6.45, 7) is 0.635. The largest absolute Gasteiger partial charge is 0.487 e. The molecule has 2 rings (SSSR count). The zero-order valence-corrected chi connectivity index (χ0v) is 10.3. The minimum Gasteiger partial charge on any atom is -0.487 e. The molecule has 0 saturated heterocycles. The zero-order chi connectivity index (χ0) is 13.0. The molecule has 0 aliphatic heterocycles. The van der Waals surface area contributed by atoms with E-state index in [2.05, 4.69) is 4.98 Å². The Hall–Kier alpha value is -1.65. The van der Waals surface area contributed by atoms with Gasteiger partial charge in [0.1, 0.15) is 18.2 Å². The fourth-order valence-electron chi connectivity index (χ4n) is 1.51. The van der Waals surface area contributed by atoms with Crippen LogP contribution in [0.25, 0.3) is 0 Å². The highest BCUT2D eigenvalue weighted by atomic mass is 35.5. The maximum Gasteiger partial charge on any atom is 0.145 e. The number of pyridine rings is 1. The smallest absolute Gasteiger partial charge is 0.145 e. The van der Waals surface area contributed by atoms with E-state index in [1.165, 1.54) is 12.1 Å². The lowest BCUT2D eigenvalue weighted by molar-refractivity contribution is 0.298. The van der Waals surface area contributed by atoms with Crippen LogP contribution in [0.3, 0.4) is 0 Å². The van der Waals surface area contributed by atoms with Gasteiger partial charge in [0.15, 0.2) is 0 Å². The first-order valence-electron chi connectivity index (χ1n) is 5.41. The Morgan fingerprint density at radius 3 is 2.89 bits per heavy atom. The molecule has 18 heavy (non-hydrogen) atoms. The predicted molar refractivity (Wildman–Crippen MR) is 67.9 cm³/mol. The van der Waals surface area contributed by atoms with Gasteiger partial charge in [0.05, 0.1) is 10.7 Å². The van der Waals surface area contributed by atoms with Crippen LogP contribution in [0.4, 0.5) is 4.39 Å². The van der Waals surface area contributed by atoms with Crippen LogP contribution in [-0.2, 0) is 13.2 Å². The summed E-state index contributed by atoms with van der Waals surface area (Å²) >= 11 is 5.59. The topological polar surface area (TPSA) is 48.1 Å². The number of benzene rings is 1. The van der Waals surface area contributed by atoms with Crippen LogP contribution in [0.15, 0.2) is 36.5 Å². The summed E-state index contributed by atoms with van der Waals surface area (Å²) in [5.41, 5.74) is 7.25. The molecule has 0 amide bonds. The van der Waals surface area contributed by atoms with Gasteiger partial charge >= 0.3 is 0 Å². The molecular formula is C13H12ClFN2O. The Kier molecular flexibility index (Phi) is 4.12. The SMILES string of the molecule is NCc1cccnc1COc1ccc(Cl)c(F)c1. The summed E-state index contributed by atoms with van der Waals surface area (Å²) in [6, 6.07) is 8.00. The molecule has 94 valence electrons. The minimum absolute atomic E-state index is 0.0721. The third kappa shape index (κ3) is 2.97. The van der Waals surface area contributed by atoms with Crippen molar-refractivity contribution in [1.82, 2.24) is 4.98 Å². The van der Waals surface area contributed by atoms with Crippen LogP contribution in [0, 0.1) is 5.82 Å². The van der Waals surface area contributed by atoms with Gasteiger partial charge in [-0.1, -0.05) is 17.7 Å². The third-order valence-corrected chi connectivity index (χ3v) is 2.78. The van der Waals surface area contributed by atoms with E-state index in [0.717, 1.165) is 11.3 Å². The Bertz CT molecular complexity index is 548. The molecule has 1 heterocycles. The quantitative estimate of drug-likeness (QED) is 0.926. The van der Waals surface area contributed by atoms with E-state index in [4.69, 9.17) is 22.1 Å². The van der Waals surface area contributed by atoms with Crippen molar-refractivity contribution in [2.45, 2.75) is 13.2 Å². The van der Waals surface area contributed by atoms with E-state index in [1.807, 2.05) is 12.1 Å². The zero-order valence-electron chi connectivity index (χ0n) is 9.57. The Balaban J connectivity index is 2.09. The molecule has 0 radical (unpaired) electrons. The summed E-state index contributed by atoms with van der Waals surface area (Å²) in [5.74, 6) is -0.0974. The van der Waals surface area contributed by atoms with Crippen LogP contribution in [-0.4, -0.2) is 4.98 Å². The molecule has 2 aromatic rings. The van der Waals surface area contributed by atoms with Gasteiger partial charge in [-0.25, -0.2) is 4.39 Å². The first-order valence-corrected chi connectivity index (χ1v) is 5.79. The maximum absolute atomic E-state index is 13.2. The Labute approximate surface area is 109 Å². The van der Waals surface area contributed by atoms with Crippen LogP contribution in [0.2, 0.25) is 5.02 Å². The predicted octanol–water partition coefficient (Wildman–Crippen LogP) is 2.91. The number of ether oxygens (including phenoxy) is 1. The van der Waals surface area contributed by atoms with Crippen molar-refractivity contribution in [1.29, 1.82) is 0 Å². The lowest BCUT2D eigenvalue weighted by Crippen LogP contribution is -2.06. The first-order chi connectivity index (χ1) is 8.70. The number of hydrogen-bond donors (Lipinski definition) is 1. The van der Waals surface area contributed by atoms with Crippen molar-refractivity contribution in [2.75, 3.05) is 0 Å². The van der Waals surface area contributed by atoms with E-state index in [-0.39, 0.29) is 11.6 Å². The monoisotopic (exact) mass is 266 g/mol. The van der Waals surface area contributed by atoms with Crippen molar-refractivity contribution in [3.8, 4) is 5.75 Å². The number of halogens is 2. The second kappa shape index (κ2) is 5.80. The fourth-order valence-corrected chi connectivity index (χ4v) is 1.62. The Morgan fingerprint density at radius 2 is 2.17 bits per heavy atom. The molecule has 0 bridgehead atoms. The number of aromatic nitrogens is 1. The summed E-state index contributed by atoms with van der Waals surface area (Å²) in [5, 5.41) is 0.0721.